The van der Waals surface area contributed by atoms with E-state index in [2.05, 4.69) is 10.3 Å². The van der Waals surface area contributed by atoms with E-state index < -0.39 is 5.54 Å². The molecule has 2 rings (SSSR count). The largest absolute Gasteiger partial charge is 0.394 e. The van der Waals surface area contributed by atoms with Crippen LogP contribution in [0.25, 0.3) is 0 Å². The zero-order chi connectivity index (χ0) is 12.3. The first kappa shape index (κ1) is 12.4. The van der Waals surface area contributed by atoms with Crippen molar-refractivity contribution in [3.63, 3.8) is 0 Å². The molecule has 2 N–H and O–H groups in total. The predicted molar refractivity (Wildman–Crippen MR) is 67.2 cm³/mol. The van der Waals surface area contributed by atoms with Crippen LogP contribution >= 0.6 is 11.8 Å². The molecule has 1 heterocycles. The van der Waals surface area contributed by atoms with Gasteiger partial charge in [-0.1, -0.05) is 0 Å². The first-order valence-corrected chi connectivity index (χ1v) is 6.86. The van der Waals surface area contributed by atoms with Crippen LogP contribution in [-0.4, -0.2) is 34.4 Å². The Kier molecular flexibility index (Phi) is 3.69. The lowest BCUT2D eigenvalue weighted by molar-refractivity contribution is 0.0638. The number of rotatable bonds is 4. The third-order valence-corrected chi connectivity index (χ3v) is 3.91. The third-order valence-electron chi connectivity index (χ3n) is 3.20. The molecule has 0 spiro atoms. The maximum Gasteiger partial charge on any atom is 0.254 e. The Bertz CT molecular complexity index is 413. The molecule has 92 valence electrons. The first-order chi connectivity index (χ1) is 8.21. The second kappa shape index (κ2) is 5.06. The molecule has 0 saturated heterocycles. The van der Waals surface area contributed by atoms with Crippen LogP contribution in [0.5, 0.6) is 0 Å². The molecule has 1 fully saturated rings. The molecule has 5 heteroatoms. The summed E-state index contributed by atoms with van der Waals surface area (Å²) in [7, 11) is 0. The van der Waals surface area contributed by atoms with Gasteiger partial charge in [-0.15, -0.1) is 11.8 Å². The average Bonchev–Trinajstić information content (AvgIpc) is 2.33. The van der Waals surface area contributed by atoms with Crippen molar-refractivity contribution in [2.24, 2.45) is 0 Å². The normalized spacial score (nSPS) is 17.3. The van der Waals surface area contributed by atoms with Gasteiger partial charge < -0.3 is 10.4 Å². The number of carbonyl (C=O) groups excluding carboxylic acids is 1. The number of aromatic nitrogens is 1. The number of hydrogen-bond acceptors (Lipinski definition) is 4. The van der Waals surface area contributed by atoms with Crippen LogP contribution in [0, 0.1) is 0 Å². The molecule has 4 nitrogen and oxygen atoms in total. The minimum atomic E-state index is -0.400. The lowest BCUT2D eigenvalue weighted by Crippen LogP contribution is -2.56. The molecular formula is C12H16N2O2S. The van der Waals surface area contributed by atoms with E-state index in [0.29, 0.717) is 5.56 Å². The molecule has 0 aromatic carbocycles. The minimum Gasteiger partial charge on any atom is -0.394 e. The molecule has 0 atom stereocenters. The molecule has 1 aliphatic carbocycles. The standard InChI is InChI=1S/C12H16N2O2S/c1-17-11-9(4-2-7-13-11)10(16)14-12(8-15)5-3-6-12/h2,4,7,15H,3,5-6,8H2,1H3,(H,14,16). The van der Waals surface area contributed by atoms with Crippen molar-refractivity contribution in [3.8, 4) is 0 Å². The highest BCUT2D eigenvalue weighted by atomic mass is 32.2. The second-order valence-corrected chi connectivity index (χ2v) is 5.10. The van der Waals surface area contributed by atoms with Gasteiger partial charge in [0.2, 0.25) is 0 Å². The average molecular weight is 252 g/mol. The van der Waals surface area contributed by atoms with Crippen LogP contribution in [-0.2, 0) is 0 Å². The Labute approximate surface area is 105 Å². The van der Waals surface area contributed by atoms with E-state index in [1.54, 1.807) is 18.3 Å². The maximum absolute atomic E-state index is 12.1. The summed E-state index contributed by atoms with van der Waals surface area (Å²) in [5, 5.41) is 13.0. The fourth-order valence-electron chi connectivity index (χ4n) is 1.96. The monoisotopic (exact) mass is 252 g/mol. The molecular weight excluding hydrogens is 236 g/mol. The highest BCUT2D eigenvalue weighted by Gasteiger charge is 2.38. The van der Waals surface area contributed by atoms with Crippen LogP contribution in [0.1, 0.15) is 29.6 Å². The van der Waals surface area contributed by atoms with Gasteiger partial charge in [0.05, 0.1) is 17.7 Å². The topological polar surface area (TPSA) is 62.2 Å². The summed E-state index contributed by atoms with van der Waals surface area (Å²) in [5.74, 6) is -0.142. The summed E-state index contributed by atoms with van der Waals surface area (Å²) in [6.07, 6.45) is 6.33. The summed E-state index contributed by atoms with van der Waals surface area (Å²) in [6.45, 7) is 0.00754. The summed E-state index contributed by atoms with van der Waals surface area (Å²) in [5.41, 5.74) is 0.183. The molecule has 17 heavy (non-hydrogen) atoms. The van der Waals surface area contributed by atoms with Crippen LogP contribution in [0.15, 0.2) is 23.4 Å². The molecule has 1 aromatic heterocycles. The maximum atomic E-state index is 12.1. The van der Waals surface area contributed by atoms with E-state index in [-0.39, 0.29) is 12.5 Å². The van der Waals surface area contributed by atoms with E-state index in [1.807, 2.05) is 6.26 Å². The van der Waals surface area contributed by atoms with Gasteiger partial charge in [-0.2, -0.15) is 0 Å². The van der Waals surface area contributed by atoms with E-state index in [0.717, 1.165) is 24.3 Å². The predicted octanol–water partition coefficient (Wildman–Crippen LogP) is 1.45. The third kappa shape index (κ3) is 2.45. The Morgan fingerprint density at radius 2 is 2.41 bits per heavy atom. The molecule has 1 aliphatic rings. The number of thioether (sulfide) groups is 1. The van der Waals surface area contributed by atoms with E-state index >= 15 is 0 Å². The van der Waals surface area contributed by atoms with E-state index in [9.17, 15) is 9.90 Å². The molecule has 1 saturated carbocycles. The lowest BCUT2D eigenvalue weighted by atomic mass is 9.77. The van der Waals surface area contributed by atoms with Crippen molar-refractivity contribution in [1.29, 1.82) is 0 Å². The first-order valence-electron chi connectivity index (χ1n) is 5.63. The zero-order valence-electron chi connectivity index (χ0n) is 9.77. The Balaban J connectivity index is 2.14. The molecule has 0 aliphatic heterocycles. The quantitative estimate of drug-likeness (QED) is 0.796. The van der Waals surface area contributed by atoms with Gasteiger partial charge in [-0.3, -0.25) is 4.79 Å². The zero-order valence-corrected chi connectivity index (χ0v) is 10.6. The molecule has 1 aromatic rings. The minimum absolute atomic E-state index is 0.00754. The lowest BCUT2D eigenvalue weighted by Gasteiger charge is -2.41. The van der Waals surface area contributed by atoms with E-state index in [4.69, 9.17) is 0 Å². The highest BCUT2D eigenvalue weighted by Crippen LogP contribution is 2.31. The number of aliphatic hydroxyl groups is 1. The second-order valence-electron chi connectivity index (χ2n) is 4.31. The van der Waals surface area contributed by atoms with Crippen LogP contribution < -0.4 is 5.32 Å². The fourth-order valence-corrected chi connectivity index (χ4v) is 2.51. The fraction of sp³-hybridized carbons (Fsp3) is 0.500. The van der Waals surface area contributed by atoms with Crippen LogP contribution in [0.3, 0.4) is 0 Å². The van der Waals surface area contributed by atoms with Crippen molar-refractivity contribution < 1.29 is 9.90 Å². The number of carbonyl (C=O) groups is 1. The summed E-state index contributed by atoms with van der Waals surface area (Å²) in [6, 6.07) is 3.51. The van der Waals surface area contributed by atoms with Crippen LogP contribution in [0.4, 0.5) is 0 Å². The number of nitrogens with zero attached hydrogens (tertiary/aromatic N) is 1. The smallest absolute Gasteiger partial charge is 0.254 e. The van der Waals surface area contributed by atoms with Gasteiger partial charge in [0.25, 0.3) is 5.91 Å². The molecule has 0 radical (unpaired) electrons. The number of aliphatic hydroxyl groups excluding tert-OH is 1. The number of amides is 1. The van der Waals surface area contributed by atoms with Crippen molar-refractivity contribution in [2.75, 3.05) is 12.9 Å². The number of nitrogens with one attached hydrogen (secondary N) is 1. The van der Waals surface area contributed by atoms with Crippen molar-refractivity contribution >= 4 is 17.7 Å². The van der Waals surface area contributed by atoms with Gasteiger partial charge in [0, 0.05) is 6.20 Å². The molecule has 0 bridgehead atoms. The SMILES string of the molecule is CSc1ncccc1C(=O)NC1(CO)CCC1. The van der Waals surface area contributed by atoms with Gasteiger partial charge in [-0.05, 0) is 37.7 Å². The van der Waals surface area contributed by atoms with Gasteiger partial charge in [0.1, 0.15) is 5.03 Å². The highest BCUT2D eigenvalue weighted by molar-refractivity contribution is 7.98. The summed E-state index contributed by atoms with van der Waals surface area (Å²) < 4.78 is 0. The Hall–Kier alpha value is -1.07. The number of pyridine rings is 1. The molecule has 1 amide bonds. The van der Waals surface area contributed by atoms with Crippen molar-refractivity contribution in [2.45, 2.75) is 29.8 Å². The summed E-state index contributed by atoms with van der Waals surface area (Å²) >= 11 is 1.45. The Morgan fingerprint density at radius 1 is 1.65 bits per heavy atom. The summed E-state index contributed by atoms with van der Waals surface area (Å²) in [4.78, 5) is 16.3. The van der Waals surface area contributed by atoms with Gasteiger partial charge >= 0.3 is 0 Å². The van der Waals surface area contributed by atoms with E-state index in [1.165, 1.54) is 11.8 Å². The van der Waals surface area contributed by atoms with Crippen molar-refractivity contribution in [3.05, 3.63) is 23.9 Å². The number of hydrogen-bond donors (Lipinski definition) is 2. The Morgan fingerprint density at radius 3 is 2.94 bits per heavy atom. The van der Waals surface area contributed by atoms with Crippen LogP contribution in [0.2, 0.25) is 0 Å². The van der Waals surface area contributed by atoms with Gasteiger partial charge in [-0.25, -0.2) is 4.98 Å². The van der Waals surface area contributed by atoms with Crippen molar-refractivity contribution in [1.82, 2.24) is 10.3 Å². The van der Waals surface area contributed by atoms with Gasteiger partial charge in [0.15, 0.2) is 0 Å². The molecule has 0 unspecified atom stereocenters.